The molecule has 0 aliphatic heterocycles. The monoisotopic (exact) mass is 337 g/mol. The highest BCUT2D eigenvalue weighted by Gasteiger charge is 2.27. The first-order valence-electron chi connectivity index (χ1n) is 7.13. The Labute approximate surface area is 134 Å². The van der Waals surface area contributed by atoms with Crippen LogP contribution in [0.1, 0.15) is 31.2 Å². The molecule has 0 saturated heterocycles. The lowest BCUT2D eigenvalue weighted by Crippen LogP contribution is -2.42. The molecule has 2 aromatic rings. The SMILES string of the molecule is CC(C)c1ncc(S(=O)(=O)N[C@H](Cc2ccccc2)C(=O)O)[nH]1. The molecule has 0 saturated carbocycles. The van der Waals surface area contributed by atoms with Gasteiger partial charge in [-0.25, -0.2) is 13.4 Å². The van der Waals surface area contributed by atoms with E-state index < -0.39 is 22.0 Å². The molecule has 23 heavy (non-hydrogen) atoms. The van der Waals surface area contributed by atoms with E-state index in [2.05, 4.69) is 14.7 Å². The molecule has 1 atom stereocenters. The Morgan fingerprint density at radius 1 is 1.30 bits per heavy atom. The van der Waals surface area contributed by atoms with Gasteiger partial charge in [0.15, 0.2) is 5.03 Å². The summed E-state index contributed by atoms with van der Waals surface area (Å²) in [6.45, 7) is 3.75. The number of rotatable bonds is 7. The second-order valence-corrected chi connectivity index (χ2v) is 7.17. The van der Waals surface area contributed by atoms with Crippen molar-refractivity contribution in [2.75, 3.05) is 0 Å². The van der Waals surface area contributed by atoms with Crippen molar-refractivity contribution in [3.8, 4) is 0 Å². The molecule has 0 fully saturated rings. The van der Waals surface area contributed by atoms with Crippen molar-refractivity contribution < 1.29 is 18.3 Å². The first-order chi connectivity index (χ1) is 10.8. The van der Waals surface area contributed by atoms with Gasteiger partial charge in [-0.3, -0.25) is 4.79 Å². The molecule has 7 nitrogen and oxygen atoms in total. The van der Waals surface area contributed by atoms with Gasteiger partial charge < -0.3 is 10.1 Å². The Bertz CT molecular complexity index is 769. The Morgan fingerprint density at radius 2 is 1.96 bits per heavy atom. The van der Waals surface area contributed by atoms with E-state index in [1.165, 1.54) is 6.20 Å². The van der Waals surface area contributed by atoms with Crippen LogP contribution in [0.3, 0.4) is 0 Å². The number of carboxylic acids is 1. The Balaban J connectivity index is 2.19. The van der Waals surface area contributed by atoms with Gasteiger partial charge >= 0.3 is 5.97 Å². The number of carboxylic acid groups (broad SMARTS) is 1. The lowest BCUT2D eigenvalue weighted by molar-refractivity contribution is -0.138. The number of carbonyl (C=O) groups is 1. The van der Waals surface area contributed by atoms with Crippen molar-refractivity contribution >= 4 is 16.0 Å². The number of nitrogens with zero attached hydrogens (tertiary/aromatic N) is 1. The van der Waals surface area contributed by atoms with Gasteiger partial charge in [0.05, 0.1) is 6.20 Å². The Morgan fingerprint density at radius 3 is 2.48 bits per heavy atom. The van der Waals surface area contributed by atoms with Gasteiger partial charge in [-0.05, 0) is 12.0 Å². The van der Waals surface area contributed by atoms with E-state index in [0.29, 0.717) is 5.82 Å². The van der Waals surface area contributed by atoms with Crippen LogP contribution in [0.2, 0.25) is 0 Å². The maximum absolute atomic E-state index is 12.3. The minimum Gasteiger partial charge on any atom is -0.480 e. The average Bonchev–Trinajstić information content (AvgIpc) is 2.98. The van der Waals surface area contributed by atoms with Gasteiger partial charge in [0.2, 0.25) is 0 Å². The van der Waals surface area contributed by atoms with Crippen molar-refractivity contribution in [1.82, 2.24) is 14.7 Å². The minimum atomic E-state index is -3.99. The molecule has 0 aliphatic carbocycles. The maximum Gasteiger partial charge on any atom is 0.322 e. The second kappa shape index (κ2) is 6.93. The smallest absolute Gasteiger partial charge is 0.322 e. The summed E-state index contributed by atoms with van der Waals surface area (Å²) in [5, 5.41) is 9.15. The van der Waals surface area contributed by atoms with Gasteiger partial charge in [-0.1, -0.05) is 44.2 Å². The van der Waals surface area contributed by atoms with Crippen LogP contribution in [0, 0.1) is 0 Å². The quantitative estimate of drug-likeness (QED) is 0.709. The van der Waals surface area contributed by atoms with E-state index in [-0.39, 0.29) is 17.4 Å². The maximum atomic E-state index is 12.3. The zero-order chi connectivity index (χ0) is 17.0. The molecular formula is C15H19N3O4S. The van der Waals surface area contributed by atoms with Crippen LogP contribution in [0.5, 0.6) is 0 Å². The van der Waals surface area contributed by atoms with E-state index in [1.807, 2.05) is 19.9 Å². The summed E-state index contributed by atoms with van der Waals surface area (Å²) in [4.78, 5) is 18.1. The van der Waals surface area contributed by atoms with Gasteiger partial charge in [0.1, 0.15) is 11.9 Å². The predicted octanol–water partition coefficient (Wildman–Crippen LogP) is 1.51. The summed E-state index contributed by atoms with van der Waals surface area (Å²) in [6.07, 6.45) is 1.25. The molecule has 0 bridgehead atoms. The van der Waals surface area contributed by atoms with Crippen molar-refractivity contribution in [3.05, 3.63) is 47.9 Å². The van der Waals surface area contributed by atoms with Crippen LogP contribution in [0.15, 0.2) is 41.6 Å². The third-order valence-electron chi connectivity index (χ3n) is 3.29. The van der Waals surface area contributed by atoms with Gasteiger partial charge in [0.25, 0.3) is 10.0 Å². The summed E-state index contributed by atoms with van der Waals surface area (Å²) in [7, 11) is -3.99. The highest BCUT2D eigenvalue weighted by Crippen LogP contribution is 2.14. The van der Waals surface area contributed by atoms with Crippen LogP contribution in [-0.2, 0) is 21.2 Å². The van der Waals surface area contributed by atoms with E-state index in [1.54, 1.807) is 24.3 Å². The molecule has 3 N–H and O–H groups in total. The number of hydrogen-bond donors (Lipinski definition) is 3. The topological polar surface area (TPSA) is 112 Å². The third-order valence-corrected chi connectivity index (χ3v) is 4.67. The van der Waals surface area contributed by atoms with Crippen LogP contribution < -0.4 is 4.72 Å². The Kier molecular flexibility index (Phi) is 5.17. The molecule has 0 spiro atoms. The number of imidazole rings is 1. The molecular weight excluding hydrogens is 318 g/mol. The molecule has 0 unspecified atom stereocenters. The predicted molar refractivity (Wildman–Crippen MR) is 84.6 cm³/mol. The number of benzene rings is 1. The highest BCUT2D eigenvalue weighted by atomic mass is 32.2. The number of H-pyrrole nitrogens is 1. The highest BCUT2D eigenvalue weighted by molar-refractivity contribution is 7.89. The molecule has 0 radical (unpaired) electrons. The zero-order valence-corrected chi connectivity index (χ0v) is 13.7. The lowest BCUT2D eigenvalue weighted by atomic mass is 10.1. The van der Waals surface area contributed by atoms with E-state index >= 15 is 0 Å². The zero-order valence-electron chi connectivity index (χ0n) is 12.9. The number of hydrogen-bond acceptors (Lipinski definition) is 4. The summed E-state index contributed by atoms with van der Waals surface area (Å²) in [6, 6.07) is 7.59. The fraction of sp³-hybridized carbons (Fsp3) is 0.333. The van der Waals surface area contributed by atoms with E-state index in [9.17, 15) is 18.3 Å². The number of aromatic amines is 1. The fourth-order valence-corrected chi connectivity index (χ4v) is 3.14. The van der Waals surface area contributed by atoms with Crippen LogP contribution in [0.4, 0.5) is 0 Å². The van der Waals surface area contributed by atoms with Crippen molar-refractivity contribution in [1.29, 1.82) is 0 Å². The second-order valence-electron chi connectivity index (χ2n) is 5.49. The van der Waals surface area contributed by atoms with Crippen LogP contribution in [-0.4, -0.2) is 35.5 Å². The number of aromatic nitrogens is 2. The van der Waals surface area contributed by atoms with Crippen LogP contribution in [0.25, 0.3) is 0 Å². The third kappa shape index (κ3) is 4.40. The molecule has 1 aromatic heterocycles. The largest absolute Gasteiger partial charge is 0.480 e. The molecule has 0 amide bonds. The first kappa shape index (κ1) is 17.2. The molecule has 2 rings (SSSR count). The Hall–Kier alpha value is -2.19. The van der Waals surface area contributed by atoms with Crippen LogP contribution >= 0.6 is 0 Å². The molecule has 8 heteroatoms. The summed E-state index contributed by atoms with van der Waals surface area (Å²) in [5.74, 6) is -0.667. The summed E-state index contributed by atoms with van der Waals surface area (Å²) < 4.78 is 26.9. The lowest BCUT2D eigenvalue weighted by Gasteiger charge is -2.14. The summed E-state index contributed by atoms with van der Waals surface area (Å²) >= 11 is 0. The fourth-order valence-electron chi connectivity index (χ4n) is 2.03. The van der Waals surface area contributed by atoms with E-state index in [0.717, 1.165) is 5.56 Å². The molecule has 124 valence electrons. The minimum absolute atomic E-state index is 0.0403. The van der Waals surface area contributed by atoms with Gasteiger partial charge in [-0.2, -0.15) is 4.72 Å². The normalized spacial score (nSPS) is 13.2. The van der Waals surface area contributed by atoms with Crippen molar-refractivity contribution in [2.24, 2.45) is 0 Å². The number of sulfonamides is 1. The standard InChI is InChI=1S/C15H19N3O4S/c1-10(2)14-16-9-13(17-14)23(21,22)18-12(15(19)20)8-11-6-4-3-5-7-11/h3-7,9-10,12,18H,8H2,1-2H3,(H,16,17)(H,19,20)/t12-/m1/s1. The first-order valence-corrected chi connectivity index (χ1v) is 8.62. The molecule has 0 aliphatic rings. The average molecular weight is 337 g/mol. The van der Waals surface area contributed by atoms with Gasteiger partial charge in [-0.15, -0.1) is 0 Å². The van der Waals surface area contributed by atoms with Gasteiger partial charge in [0, 0.05) is 5.92 Å². The number of nitrogens with one attached hydrogen (secondary N) is 2. The summed E-state index contributed by atoms with van der Waals surface area (Å²) in [5.41, 5.74) is 0.732. The van der Waals surface area contributed by atoms with Crippen molar-refractivity contribution in [3.63, 3.8) is 0 Å². The molecule has 1 heterocycles. The van der Waals surface area contributed by atoms with E-state index in [4.69, 9.17) is 0 Å². The van der Waals surface area contributed by atoms with Crippen molar-refractivity contribution in [2.45, 2.75) is 37.3 Å². The number of aliphatic carboxylic acids is 1. The molecule has 1 aromatic carbocycles.